The first kappa shape index (κ1) is 20.4. The van der Waals surface area contributed by atoms with Crippen LogP contribution < -0.4 is 0 Å². The number of thiazole rings is 1. The van der Waals surface area contributed by atoms with Crippen molar-refractivity contribution in [2.45, 2.75) is 0 Å². The molecule has 0 spiro atoms. The summed E-state index contributed by atoms with van der Waals surface area (Å²) in [6.45, 7) is 0. The molecule has 0 bridgehead atoms. The van der Waals surface area contributed by atoms with Gasteiger partial charge in [0.05, 0.1) is 17.1 Å². The molecular weight excluding hydrogens is 441 g/mol. The van der Waals surface area contributed by atoms with Crippen LogP contribution in [-0.4, -0.2) is 14.8 Å². The van der Waals surface area contributed by atoms with Gasteiger partial charge in [-0.1, -0.05) is 41.9 Å². The predicted octanol–water partition coefficient (Wildman–Crippen LogP) is 7.63. The van der Waals surface area contributed by atoms with Gasteiger partial charge in [0.15, 0.2) is 0 Å². The lowest BCUT2D eigenvalue weighted by Gasteiger charge is -2.01. The molecule has 5 aromatic rings. The lowest BCUT2D eigenvalue weighted by Crippen LogP contribution is -1.93. The van der Waals surface area contributed by atoms with E-state index in [4.69, 9.17) is 16.7 Å². The smallest absolute Gasteiger partial charge is 0.123 e. The molecule has 3 aromatic carbocycles. The summed E-state index contributed by atoms with van der Waals surface area (Å²) < 4.78 is 15.1. The molecule has 5 rings (SSSR count). The van der Waals surface area contributed by atoms with Crippen molar-refractivity contribution in [3.8, 4) is 28.2 Å². The Hall–Kier alpha value is -3.54. The van der Waals surface area contributed by atoms with Gasteiger partial charge in [0.1, 0.15) is 10.8 Å². The largest absolute Gasteiger partial charge is 0.240 e. The lowest BCUT2D eigenvalue weighted by atomic mass is 10.1. The minimum atomic E-state index is -0.256. The Kier molecular flexibility index (Phi) is 5.67. The monoisotopic (exact) mass is 457 g/mol. The minimum absolute atomic E-state index is 0.256. The summed E-state index contributed by atoms with van der Waals surface area (Å²) >= 11 is 7.77. The standard InChI is InChI=1S/C26H17ClFN3S/c27-21-6-4-5-19(15-21)26-20(16-31(30-26)23-7-2-1-3-8-23)11-14-25-29-24(17-32-25)18-9-12-22(28)13-10-18/h1-17H/b14-11+. The summed E-state index contributed by atoms with van der Waals surface area (Å²) in [6.07, 6.45) is 5.98. The van der Waals surface area contributed by atoms with Crippen molar-refractivity contribution in [1.29, 1.82) is 0 Å². The highest BCUT2D eigenvalue weighted by atomic mass is 35.5. The van der Waals surface area contributed by atoms with Crippen LogP contribution in [0.25, 0.3) is 40.4 Å². The fourth-order valence-corrected chi connectivity index (χ4v) is 4.27. The number of benzene rings is 3. The van der Waals surface area contributed by atoms with Gasteiger partial charge in [0.25, 0.3) is 0 Å². The van der Waals surface area contributed by atoms with Crippen molar-refractivity contribution < 1.29 is 4.39 Å². The normalized spacial score (nSPS) is 11.3. The molecule has 0 aliphatic rings. The molecule has 0 fully saturated rings. The molecule has 0 aliphatic heterocycles. The van der Waals surface area contributed by atoms with Gasteiger partial charge >= 0.3 is 0 Å². The van der Waals surface area contributed by atoms with Gasteiger partial charge in [0, 0.05) is 33.3 Å². The molecule has 0 unspecified atom stereocenters. The van der Waals surface area contributed by atoms with Crippen LogP contribution in [0.1, 0.15) is 10.6 Å². The minimum Gasteiger partial charge on any atom is -0.240 e. The average molecular weight is 458 g/mol. The van der Waals surface area contributed by atoms with Crippen LogP contribution in [0.15, 0.2) is 90.4 Å². The summed E-state index contributed by atoms with van der Waals surface area (Å²) in [7, 11) is 0. The van der Waals surface area contributed by atoms with Crippen molar-refractivity contribution >= 4 is 35.1 Å². The number of nitrogens with zero attached hydrogens (tertiary/aromatic N) is 3. The Balaban J connectivity index is 1.50. The molecule has 2 heterocycles. The van der Waals surface area contributed by atoms with Crippen molar-refractivity contribution in [3.63, 3.8) is 0 Å². The molecular formula is C26H17ClFN3S. The Labute approximate surface area is 194 Å². The second-order valence-electron chi connectivity index (χ2n) is 7.13. The van der Waals surface area contributed by atoms with Gasteiger partial charge in [-0.3, -0.25) is 0 Å². The fraction of sp³-hybridized carbons (Fsp3) is 0. The van der Waals surface area contributed by atoms with Gasteiger partial charge in [0.2, 0.25) is 0 Å². The van der Waals surface area contributed by atoms with E-state index in [1.807, 2.05) is 83.0 Å². The van der Waals surface area contributed by atoms with E-state index >= 15 is 0 Å². The van der Waals surface area contributed by atoms with Crippen LogP contribution >= 0.6 is 22.9 Å². The first-order valence-electron chi connectivity index (χ1n) is 9.96. The SMILES string of the molecule is Fc1ccc(-c2csc(/C=C/c3cn(-c4ccccc4)nc3-c3cccc(Cl)c3)n2)cc1. The van der Waals surface area contributed by atoms with Crippen LogP contribution in [0.2, 0.25) is 5.02 Å². The van der Waals surface area contributed by atoms with E-state index in [-0.39, 0.29) is 5.82 Å². The van der Waals surface area contributed by atoms with Crippen LogP contribution in [0, 0.1) is 5.82 Å². The zero-order valence-electron chi connectivity index (χ0n) is 16.8. The average Bonchev–Trinajstić information content (AvgIpc) is 3.46. The van der Waals surface area contributed by atoms with Crippen molar-refractivity contribution in [1.82, 2.24) is 14.8 Å². The van der Waals surface area contributed by atoms with Crippen LogP contribution in [0.5, 0.6) is 0 Å². The molecule has 2 aromatic heterocycles. The first-order chi connectivity index (χ1) is 15.7. The maximum Gasteiger partial charge on any atom is 0.123 e. The number of aromatic nitrogens is 3. The molecule has 0 radical (unpaired) electrons. The summed E-state index contributed by atoms with van der Waals surface area (Å²) in [5.41, 5.74) is 5.42. The summed E-state index contributed by atoms with van der Waals surface area (Å²) in [4.78, 5) is 4.67. The number of hydrogen-bond acceptors (Lipinski definition) is 3. The lowest BCUT2D eigenvalue weighted by molar-refractivity contribution is 0.628. The number of para-hydroxylation sites is 1. The van der Waals surface area contributed by atoms with E-state index in [9.17, 15) is 4.39 Å². The predicted molar refractivity (Wildman–Crippen MR) is 130 cm³/mol. The fourth-order valence-electron chi connectivity index (χ4n) is 3.36. The van der Waals surface area contributed by atoms with Gasteiger partial charge in [-0.25, -0.2) is 14.1 Å². The van der Waals surface area contributed by atoms with Gasteiger partial charge in [-0.05, 0) is 60.7 Å². The van der Waals surface area contributed by atoms with Gasteiger partial charge < -0.3 is 0 Å². The van der Waals surface area contributed by atoms with Crippen molar-refractivity contribution in [2.24, 2.45) is 0 Å². The Morgan fingerprint density at radius 2 is 1.69 bits per heavy atom. The van der Waals surface area contributed by atoms with E-state index < -0.39 is 0 Å². The molecule has 32 heavy (non-hydrogen) atoms. The second kappa shape index (κ2) is 8.91. The van der Waals surface area contributed by atoms with Crippen molar-refractivity contribution in [3.05, 3.63) is 112 Å². The Morgan fingerprint density at radius 3 is 2.47 bits per heavy atom. The molecule has 0 atom stereocenters. The third kappa shape index (κ3) is 4.40. The summed E-state index contributed by atoms with van der Waals surface area (Å²) in [5, 5.41) is 8.31. The molecule has 0 N–H and O–H groups in total. The zero-order valence-corrected chi connectivity index (χ0v) is 18.4. The highest BCUT2D eigenvalue weighted by Crippen LogP contribution is 2.28. The van der Waals surface area contributed by atoms with Gasteiger partial charge in [-0.15, -0.1) is 11.3 Å². The summed E-state index contributed by atoms with van der Waals surface area (Å²) in [6, 6.07) is 24.0. The van der Waals surface area contributed by atoms with Crippen LogP contribution in [-0.2, 0) is 0 Å². The van der Waals surface area contributed by atoms with Crippen LogP contribution in [0.3, 0.4) is 0 Å². The number of rotatable bonds is 5. The zero-order chi connectivity index (χ0) is 21.9. The molecule has 0 aliphatic carbocycles. The topological polar surface area (TPSA) is 30.7 Å². The van der Waals surface area contributed by atoms with E-state index in [0.29, 0.717) is 5.02 Å². The van der Waals surface area contributed by atoms with E-state index in [1.54, 1.807) is 12.1 Å². The highest BCUT2D eigenvalue weighted by Gasteiger charge is 2.11. The molecule has 0 amide bonds. The Morgan fingerprint density at radius 1 is 0.875 bits per heavy atom. The maximum atomic E-state index is 13.2. The van der Waals surface area contributed by atoms with Crippen molar-refractivity contribution in [2.75, 3.05) is 0 Å². The van der Waals surface area contributed by atoms with Crippen LogP contribution in [0.4, 0.5) is 4.39 Å². The number of hydrogen-bond donors (Lipinski definition) is 0. The second-order valence-corrected chi connectivity index (χ2v) is 8.46. The van der Waals surface area contributed by atoms with Gasteiger partial charge in [-0.2, -0.15) is 5.10 Å². The van der Waals surface area contributed by atoms with E-state index in [1.165, 1.54) is 23.5 Å². The molecule has 6 heteroatoms. The molecule has 0 saturated carbocycles. The quantitative estimate of drug-likeness (QED) is 0.271. The number of halogens is 2. The molecule has 0 saturated heterocycles. The highest BCUT2D eigenvalue weighted by molar-refractivity contribution is 7.10. The first-order valence-corrected chi connectivity index (χ1v) is 11.2. The van der Waals surface area contributed by atoms with E-state index in [0.717, 1.165) is 38.8 Å². The maximum absolute atomic E-state index is 13.2. The third-order valence-electron chi connectivity index (χ3n) is 4.93. The Bertz CT molecular complexity index is 1390. The molecule has 3 nitrogen and oxygen atoms in total. The third-order valence-corrected chi connectivity index (χ3v) is 5.97. The van der Waals surface area contributed by atoms with E-state index in [2.05, 4.69) is 4.98 Å². The summed E-state index contributed by atoms with van der Waals surface area (Å²) in [5.74, 6) is -0.256. The molecule has 156 valence electrons.